The van der Waals surface area contributed by atoms with Crippen LogP contribution in [-0.4, -0.2) is 24.3 Å². The Hall–Kier alpha value is -1.69. The Labute approximate surface area is 112 Å². The zero-order chi connectivity index (χ0) is 13.2. The maximum Gasteiger partial charge on any atom is 0.149 e. The molecule has 1 N–H and O–H groups in total. The zero-order valence-corrected chi connectivity index (χ0v) is 11.5. The number of aromatic nitrogens is 5. The Kier molecular flexibility index (Phi) is 3.33. The number of rotatable bonds is 5. The second-order valence-corrected chi connectivity index (χ2v) is 4.96. The predicted molar refractivity (Wildman–Crippen MR) is 71.5 cm³/mol. The van der Waals surface area contributed by atoms with Crippen LogP contribution in [0.25, 0.3) is 0 Å². The molecule has 0 aliphatic carbocycles. The highest BCUT2D eigenvalue weighted by Gasteiger charge is 2.21. The minimum Gasteiger partial charge on any atom is -0.334 e. The van der Waals surface area contributed by atoms with E-state index in [0.29, 0.717) is 0 Å². The molecule has 102 valence electrons. The second-order valence-electron chi connectivity index (χ2n) is 4.96. The first-order valence-corrected chi connectivity index (χ1v) is 6.95. The van der Waals surface area contributed by atoms with Gasteiger partial charge in [0.25, 0.3) is 0 Å². The van der Waals surface area contributed by atoms with Crippen molar-refractivity contribution in [2.75, 3.05) is 0 Å². The lowest BCUT2D eigenvalue weighted by Crippen LogP contribution is -2.23. The lowest BCUT2D eigenvalue weighted by molar-refractivity contribution is 0.497. The lowest BCUT2D eigenvalue weighted by atomic mass is 10.3. The molecule has 3 heterocycles. The Morgan fingerprint density at radius 3 is 3.16 bits per heavy atom. The molecule has 0 aromatic carbocycles. The molecule has 0 fully saturated rings. The minimum absolute atomic E-state index is 0.196. The maximum absolute atomic E-state index is 4.37. The summed E-state index contributed by atoms with van der Waals surface area (Å²) in [7, 11) is 0. The summed E-state index contributed by atoms with van der Waals surface area (Å²) < 4.78 is 4.39. The van der Waals surface area contributed by atoms with Gasteiger partial charge in [-0.15, -0.1) is 10.2 Å². The molecule has 1 unspecified atom stereocenters. The van der Waals surface area contributed by atoms with Crippen molar-refractivity contribution in [2.24, 2.45) is 0 Å². The van der Waals surface area contributed by atoms with Gasteiger partial charge in [0.1, 0.15) is 17.5 Å². The molecule has 2 aromatic rings. The lowest BCUT2D eigenvalue weighted by Gasteiger charge is -2.14. The van der Waals surface area contributed by atoms with E-state index in [2.05, 4.69) is 43.5 Å². The number of nitrogens with zero attached hydrogens (tertiary/aromatic N) is 5. The van der Waals surface area contributed by atoms with E-state index in [-0.39, 0.29) is 6.04 Å². The number of nitrogens with one attached hydrogen (secondary N) is 1. The van der Waals surface area contributed by atoms with Gasteiger partial charge in [0.2, 0.25) is 0 Å². The summed E-state index contributed by atoms with van der Waals surface area (Å²) in [5.74, 6) is 3.23. The topological polar surface area (TPSA) is 60.6 Å². The van der Waals surface area contributed by atoms with E-state index < -0.39 is 0 Å². The molecule has 6 heteroatoms. The zero-order valence-electron chi connectivity index (χ0n) is 11.5. The molecule has 1 atom stereocenters. The van der Waals surface area contributed by atoms with Crippen LogP contribution in [0.1, 0.15) is 43.8 Å². The molecular weight excluding hydrogens is 240 g/mol. The normalized spacial score (nSPS) is 15.7. The second kappa shape index (κ2) is 5.13. The van der Waals surface area contributed by atoms with Crippen molar-refractivity contribution in [3.8, 4) is 0 Å². The monoisotopic (exact) mass is 260 g/mol. The van der Waals surface area contributed by atoms with Gasteiger partial charge in [-0.25, -0.2) is 4.98 Å². The van der Waals surface area contributed by atoms with Crippen LogP contribution in [0, 0.1) is 0 Å². The number of fused-ring (bicyclic) bond motifs is 1. The molecule has 1 aliphatic rings. The summed E-state index contributed by atoms with van der Waals surface area (Å²) in [4.78, 5) is 4.37. The average molecular weight is 260 g/mol. The Morgan fingerprint density at radius 2 is 2.32 bits per heavy atom. The molecule has 0 saturated carbocycles. The van der Waals surface area contributed by atoms with E-state index in [0.717, 1.165) is 43.5 Å². The van der Waals surface area contributed by atoms with Gasteiger partial charge in [0, 0.05) is 31.9 Å². The Bertz CT molecular complexity index is 555. The van der Waals surface area contributed by atoms with Crippen molar-refractivity contribution < 1.29 is 0 Å². The molecule has 6 nitrogen and oxygen atoms in total. The van der Waals surface area contributed by atoms with Crippen molar-refractivity contribution in [3.05, 3.63) is 29.9 Å². The van der Waals surface area contributed by atoms with E-state index >= 15 is 0 Å². The van der Waals surface area contributed by atoms with Crippen molar-refractivity contribution in [1.82, 2.24) is 29.6 Å². The van der Waals surface area contributed by atoms with Crippen LogP contribution in [0.3, 0.4) is 0 Å². The first-order valence-electron chi connectivity index (χ1n) is 6.95. The van der Waals surface area contributed by atoms with Gasteiger partial charge in [-0.1, -0.05) is 0 Å². The van der Waals surface area contributed by atoms with Crippen molar-refractivity contribution >= 4 is 0 Å². The van der Waals surface area contributed by atoms with Gasteiger partial charge in [-0.3, -0.25) is 0 Å². The molecule has 1 aliphatic heterocycles. The fraction of sp³-hybridized carbons (Fsp3) is 0.615. The number of aryl methyl sites for hydroxylation is 2. The van der Waals surface area contributed by atoms with E-state index in [1.165, 1.54) is 6.42 Å². The van der Waals surface area contributed by atoms with E-state index in [1.807, 2.05) is 12.4 Å². The van der Waals surface area contributed by atoms with Gasteiger partial charge < -0.3 is 14.5 Å². The van der Waals surface area contributed by atoms with Crippen LogP contribution in [0.4, 0.5) is 0 Å². The minimum atomic E-state index is 0.196. The third-order valence-electron chi connectivity index (χ3n) is 3.73. The van der Waals surface area contributed by atoms with Crippen LogP contribution < -0.4 is 5.32 Å². The molecule has 19 heavy (non-hydrogen) atoms. The quantitative estimate of drug-likeness (QED) is 0.880. The standard InChI is InChI=1S/C13H20N6/c1-3-18-8-6-14-12(18)9-15-10(2)13-17-16-11-5-4-7-19(11)13/h6,8,10,15H,3-5,7,9H2,1-2H3. The fourth-order valence-electron chi connectivity index (χ4n) is 2.62. The number of imidazole rings is 1. The van der Waals surface area contributed by atoms with Crippen LogP contribution in [0.5, 0.6) is 0 Å². The summed E-state index contributed by atoms with van der Waals surface area (Å²) >= 11 is 0. The van der Waals surface area contributed by atoms with Crippen LogP contribution in [0.15, 0.2) is 12.4 Å². The molecule has 2 aromatic heterocycles. The van der Waals surface area contributed by atoms with Gasteiger partial charge in [0.15, 0.2) is 0 Å². The Balaban J connectivity index is 1.67. The van der Waals surface area contributed by atoms with Gasteiger partial charge >= 0.3 is 0 Å². The number of hydrogen-bond acceptors (Lipinski definition) is 4. The molecule has 0 amide bonds. The van der Waals surface area contributed by atoms with Crippen LogP contribution in [-0.2, 0) is 26.1 Å². The highest BCUT2D eigenvalue weighted by molar-refractivity contribution is 5.04. The van der Waals surface area contributed by atoms with Gasteiger partial charge in [-0.05, 0) is 20.3 Å². The fourth-order valence-corrected chi connectivity index (χ4v) is 2.62. The Morgan fingerprint density at radius 1 is 1.42 bits per heavy atom. The van der Waals surface area contributed by atoms with E-state index in [9.17, 15) is 0 Å². The third-order valence-corrected chi connectivity index (χ3v) is 3.73. The highest BCUT2D eigenvalue weighted by atomic mass is 15.3. The van der Waals surface area contributed by atoms with E-state index in [1.54, 1.807) is 0 Å². The molecular formula is C13H20N6. The van der Waals surface area contributed by atoms with Gasteiger partial charge in [0.05, 0.1) is 12.6 Å². The molecule has 0 radical (unpaired) electrons. The molecule has 0 spiro atoms. The highest BCUT2D eigenvalue weighted by Crippen LogP contribution is 2.19. The van der Waals surface area contributed by atoms with Gasteiger partial charge in [-0.2, -0.15) is 0 Å². The maximum atomic E-state index is 4.37. The molecule has 0 saturated heterocycles. The average Bonchev–Trinajstić information content (AvgIpc) is 3.11. The summed E-state index contributed by atoms with van der Waals surface area (Å²) in [5.41, 5.74) is 0. The largest absolute Gasteiger partial charge is 0.334 e. The third kappa shape index (κ3) is 2.28. The van der Waals surface area contributed by atoms with Crippen molar-refractivity contribution in [1.29, 1.82) is 0 Å². The SMILES string of the molecule is CCn1ccnc1CNC(C)c1nnc2n1CCC2. The van der Waals surface area contributed by atoms with Crippen molar-refractivity contribution in [2.45, 2.75) is 52.4 Å². The summed E-state index contributed by atoms with van der Waals surface area (Å²) in [5, 5.41) is 12.0. The predicted octanol–water partition coefficient (Wildman–Crippen LogP) is 1.29. The summed E-state index contributed by atoms with van der Waals surface area (Å²) in [6.07, 6.45) is 6.10. The van der Waals surface area contributed by atoms with Crippen LogP contribution in [0.2, 0.25) is 0 Å². The molecule has 0 bridgehead atoms. The van der Waals surface area contributed by atoms with Crippen LogP contribution >= 0.6 is 0 Å². The van der Waals surface area contributed by atoms with E-state index in [4.69, 9.17) is 0 Å². The smallest absolute Gasteiger partial charge is 0.149 e. The number of hydrogen-bond donors (Lipinski definition) is 1. The molecule has 3 rings (SSSR count). The first kappa shape index (κ1) is 12.3. The first-order chi connectivity index (χ1) is 9.29. The van der Waals surface area contributed by atoms with Crippen molar-refractivity contribution in [3.63, 3.8) is 0 Å². The summed E-state index contributed by atoms with van der Waals surface area (Å²) in [6, 6.07) is 0.196. The summed E-state index contributed by atoms with van der Waals surface area (Å²) in [6.45, 7) is 7.01.